The molecule has 29 heavy (non-hydrogen) atoms. The molecule has 3 rings (SSSR count). The monoisotopic (exact) mass is 399 g/mol. The number of piperidine rings is 1. The summed E-state index contributed by atoms with van der Waals surface area (Å²) in [4.78, 5) is 38.3. The van der Waals surface area contributed by atoms with Gasteiger partial charge in [-0.15, -0.1) is 0 Å². The summed E-state index contributed by atoms with van der Waals surface area (Å²) in [6.45, 7) is 10.1. The minimum atomic E-state index is -0.549. The summed E-state index contributed by atoms with van der Waals surface area (Å²) in [6, 6.07) is 6.55. The molecule has 0 aromatic heterocycles. The molecule has 156 valence electrons. The molecule has 0 radical (unpaired) electrons. The SMILES string of the molecule is C=CC(=O)Nc1ccc(C(=O)NC2CN(C(=O)OC(C)(C)C)CC3(CC3)C2)cc1. The van der Waals surface area contributed by atoms with Gasteiger partial charge in [0.15, 0.2) is 0 Å². The van der Waals surface area contributed by atoms with Gasteiger partial charge in [-0.2, -0.15) is 0 Å². The van der Waals surface area contributed by atoms with Crippen LogP contribution in [0.4, 0.5) is 10.5 Å². The van der Waals surface area contributed by atoms with Gasteiger partial charge >= 0.3 is 6.09 Å². The van der Waals surface area contributed by atoms with Gasteiger partial charge < -0.3 is 20.3 Å². The molecule has 1 heterocycles. The molecule has 1 aliphatic carbocycles. The van der Waals surface area contributed by atoms with Crippen LogP contribution < -0.4 is 10.6 Å². The Kier molecular flexibility index (Phi) is 5.68. The van der Waals surface area contributed by atoms with E-state index in [9.17, 15) is 14.4 Å². The van der Waals surface area contributed by atoms with Gasteiger partial charge in [0.05, 0.1) is 0 Å². The van der Waals surface area contributed by atoms with E-state index in [1.54, 1.807) is 29.2 Å². The number of likely N-dealkylation sites (tertiary alicyclic amines) is 1. The standard InChI is InChI=1S/C22H29N3O4/c1-5-18(26)23-16-8-6-15(7-9-16)19(27)24-17-12-22(10-11-22)14-25(13-17)20(28)29-21(2,3)4/h5-9,17H,1,10-14H2,2-4H3,(H,23,26)(H,24,27). The van der Waals surface area contributed by atoms with E-state index in [2.05, 4.69) is 17.2 Å². The third-order valence-corrected chi connectivity index (χ3v) is 5.19. The Hall–Kier alpha value is -2.83. The molecule has 2 N–H and O–H groups in total. The average Bonchev–Trinajstić information content (AvgIpc) is 3.38. The number of rotatable bonds is 4. The van der Waals surface area contributed by atoms with Crippen molar-refractivity contribution in [3.63, 3.8) is 0 Å². The number of ether oxygens (including phenoxy) is 1. The van der Waals surface area contributed by atoms with Crippen molar-refractivity contribution in [2.45, 2.75) is 51.7 Å². The third-order valence-electron chi connectivity index (χ3n) is 5.19. The Balaban J connectivity index is 1.62. The Morgan fingerprint density at radius 2 is 1.86 bits per heavy atom. The third kappa shape index (κ3) is 5.59. The number of carbonyl (C=O) groups is 3. The number of nitrogens with zero attached hydrogens (tertiary/aromatic N) is 1. The van der Waals surface area contributed by atoms with E-state index < -0.39 is 5.60 Å². The van der Waals surface area contributed by atoms with E-state index in [4.69, 9.17) is 4.74 Å². The lowest BCUT2D eigenvalue weighted by molar-refractivity contribution is -0.111. The van der Waals surface area contributed by atoms with Crippen molar-refractivity contribution in [3.05, 3.63) is 42.5 Å². The van der Waals surface area contributed by atoms with E-state index in [0.717, 1.165) is 19.3 Å². The molecule has 7 heteroatoms. The molecule has 1 saturated carbocycles. The van der Waals surface area contributed by atoms with Crippen LogP contribution in [0.5, 0.6) is 0 Å². The van der Waals surface area contributed by atoms with Crippen LogP contribution in [0.3, 0.4) is 0 Å². The molecule has 1 atom stereocenters. The first kappa shape index (κ1) is 20.9. The molecular weight excluding hydrogens is 370 g/mol. The Morgan fingerprint density at radius 3 is 2.41 bits per heavy atom. The number of amides is 3. The molecule has 1 aromatic carbocycles. The summed E-state index contributed by atoms with van der Waals surface area (Å²) in [5.74, 6) is -0.500. The molecule has 1 aliphatic heterocycles. The Labute approximate surface area is 171 Å². The van der Waals surface area contributed by atoms with Crippen LogP contribution in [0.1, 0.15) is 50.4 Å². The second-order valence-electron chi connectivity index (χ2n) is 9.01. The maximum atomic E-state index is 12.7. The zero-order valence-electron chi connectivity index (χ0n) is 17.3. The highest BCUT2D eigenvalue weighted by Crippen LogP contribution is 2.52. The maximum Gasteiger partial charge on any atom is 0.410 e. The topological polar surface area (TPSA) is 87.7 Å². The van der Waals surface area contributed by atoms with Crippen molar-refractivity contribution in [1.29, 1.82) is 0 Å². The first-order valence-electron chi connectivity index (χ1n) is 9.91. The van der Waals surface area contributed by atoms with Crippen molar-refractivity contribution in [2.75, 3.05) is 18.4 Å². The van der Waals surface area contributed by atoms with Crippen molar-refractivity contribution in [3.8, 4) is 0 Å². The summed E-state index contributed by atoms with van der Waals surface area (Å²) in [5, 5.41) is 5.71. The number of carbonyl (C=O) groups excluding carboxylic acids is 3. The predicted octanol–water partition coefficient (Wildman–Crippen LogP) is 3.33. The van der Waals surface area contributed by atoms with Crippen LogP contribution in [0, 0.1) is 5.41 Å². The molecule has 1 spiro atoms. The van der Waals surface area contributed by atoms with Gasteiger partial charge in [0, 0.05) is 30.4 Å². The van der Waals surface area contributed by atoms with E-state index >= 15 is 0 Å². The molecule has 2 aliphatic rings. The molecule has 3 amide bonds. The maximum absolute atomic E-state index is 12.7. The van der Waals surface area contributed by atoms with Crippen molar-refractivity contribution < 1.29 is 19.1 Å². The average molecular weight is 399 g/mol. The quantitative estimate of drug-likeness (QED) is 0.760. The van der Waals surface area contributed by atoms with Crippen LogP contribution in [-0.2, 0) is 9.53 Å². The van der Waals surface area contributed by atoms with E-state index in [1.807, 2.05) is 20.8 Å². The summed E-state index contributed by atoms with van der Waals surface area (Å²) in [6.07, 6.45) is 3.86. The fourth-order valence-corrected chi connectivity index (χ4v) is 3.66. The summed E-state index contributed by atoms with van der Waals surface area (Å²) in [5.41, 5.74) is 0.650. The molecule has 7 nitrogen and oxygen atoms in total. The zero-order chi connectivity index (χ0) is 21.2. The highest BCUT2D eigenvalue weighted by Gasteiger charge is 2.50. The van der Waals surface area contributed by atoms with Gasteiger partial charge in [-0.3, -0.25) is 9.59 Å². The normalized spacial score (nSPS) is 20.0. The molecular formula is C22H29N3O4. The first-order valence-corrected chi connectivity index (χ1v) is 9.91. The Bertz CT molecular complexity index is 806. The smallest absolute Gasteiger partial charge is 0.410 e. The van der Waals surface area contributed by atoms with Crippen LogP contribution in [0.25, 0.3) is 0 Å². The molecule has 1 aromatic rings. The number of anilines is 1. The number of nitrogens with one attached hydrogen (secondary N) is 2. The highest BCUT2D eigenvalue weighted by molar-refractivity contribution is 5.99. The molecule has 1 saturated heterocycles. The van der Waals surface area contributed by atoms with Crippen molar-refractivity contribution >= 4 is 23.6 Å². The van der Waals surface area contributed by atoms with Gasteiger partial charge in [-0.1, -0.05) is 6.58 Å². The van der Waals surface area contributed by atoms with Crippen LogP contribution >= 0.6 is 0 Å². The number of hydrogen-bond acceptors (Lipinski definition) is 4. The summed E-state index contributed by atoms with van der Waals surface area (Å²) >= 11 is 0. The van der Waals surface area contributed by atoms with Crippen LogP contribution in [0.15, 0.2) is 36.9 Å². The zero-order valence-corrected chi connectivity index (χ0v) is 17.3. The van der Waals surface area contributed by atoms with Crippen molar-refractivity contribution in [1.82, 2.24) is 10.2 Å². The predicted molar refractivity (Wildman–Crippen MR) is 111 cm³/mol. The number of hydrogen-bond donors (Lipinski definition) is 2. The lowest BCUT2D eigenvalue weighted by Gasteiger charge is -2.39. The molecule has 2 fully saturated rings. The second-order valence-corrected chi connectivity index (χ2v) is 9.01. The molecule has 0 bridgehead atoms. The molecule has 1 unspecified atom stereocenters. The summed E-state index contributed by atoms with van der Waals surface area (Å²) < 4.78 is 5.52. The van der Waals surface area contributed by atoms with E-state index in [1.165, 1.54) is 6.08 Å². The minimum absolute atomic E-state index is 0.103. The lowest BCUT2D eigenvalue weighted by atomic mass is 9.91. The van der Waals surface area contributed by atoms with Crippen LogP contribution in [-0.4, -0.2) is 47.5 Å². The second kappa shape index (κ2) is 7.89. The van der Waals surface area contributed by atoms with E-state index in [0.29, 0.717) is 24.3 Å². The highest BCUT2D eigenvalue weighted by atomic mass is 16.6. The van der Waals surface area contributed by atoms with Gasteiger partial charge in [0.25, 0.3) is 5.91 Å². The van der Waals surface area contributed by atoms with Gasteiger partial charge in [0.2, 0.25) is 5.91 Å². The van der Waals surface area contributed by atoms with Crippen LogP contribution in [0.2, 0.25) is 0 Å². The van der Waals surface area contributed by atoms with Crippen molar-refractivity contribution in [2.24, 2.45) is 5.41 Å². The first-order chi connectivity index (χ1) is 13.6. The van der Waals surface area contributed by atoms with Gasteiger partial charge in [-0.25, -0.2) is 4.79 Å². The summed E-state index contributed by atoms with van der Waals surface area (Å²) in [7, 11) is 0. The fraction of sp³-hybridized carbons (Fsp3) is 0.500. The number of benzene rings is 1. The minimum Gasteiger partial charge on any atom is -0.444 e. The van der Waals surface area contributed by atoms with Gasteiger partial charge in [-0.05, 0) is 75.8 Å². The fourth-order valence-electron chi connectivity index (χ4n) is 3.66. The van der Waals surface area contributed by atoms with E-state index in [-0.39, 0.29) is 29.4 Å². The largest absolute Gasteiger partial charge is 0.444 e. The Morgan fingerprint density at radius 1 is 1.21 bits per heavy atom. The lowest BCUT2D eigenvalue weighted by Crippen LogP contribution is -2.54. The van der Waals surface area contributed by atoms with Gasteiger partial charge in [0.1, 0.15) is 5.60 Å².